The minimum atomic E-state index is -0.157. The maximum Gasteiger partial charge on any atom is 0.136 e. The van der Waals surface area contributed by atoms with Crippen molar-refractivity contribution in [2.75, 3.05) is 13.1 Å². The van der Waals surface area contributed by atoms with Crippen LogP contribution in [0.1, 0.15) is 17.7 Å². The van der Waals surface area contributed by atoms with Crippen LogP contribution >= 0.6 is 0 Å². The van der Waals surface area contributed by atoms with Crippen molar-refractivity contribution in [1.82, 2.24) is 14.3 Å². The fourth-order valence-corrected chi connectivity index (χ4v) is 2.44. The molecule has 1 aliphatic heterocycles. The van der Waals surface area contributed by atoms with Gasteiger partial charge in [0.25, 0.3) is 0 Å². The van der Waals surface area contributed by atoms with Gasteiger partial charge in [-0.05, 0) is 25.0 Å². The predicted octanol–water partition coefficient (Wildman–Crippen LogP) is 1.21. The lowest BCUT2D eigenvalue weighted by molar-refractivity contribution is 0.174. The van der Waals surface area contributed by atoms with Gasteiger partial charge in [0.1, 0.15) is 5.65 Å². The van der Waals surface area contributed by atoms with Crippen molar-refractivity contribution in [2.24, 2.45) is 0 Å². The summed E-state index contributed by atoms with van der Waals surface area (Å²) in [6.45, 7) is 4.70. The maximum atomic E-state index is 9.52. The highest BCUT2D eigenvalue weighted by atomic mass is 16.3. The van der Waals surface area contributed by atoms with Crippen molar-refractivity contribution < 1.29 is 5.11 Å². The van der Waals surface area contributed by atoms with Gasteiger partial charge < -0.3 is 9.51 Å². The molecule has 0 saturated carbocycles. The van der Waals surface area contributed by atoms with Crippen molar-refractivity contribution >= 4 is 5.65 Å². The van der Waals surface area contributed by atoms with Gasteiger partial charge in [0, 0.05) is 25.8 Å². The molecular weight excluding hydrogens is 214 g/mol. The van der Waals surface area contributed by atoms with Gasteiger partial charge >= 0.3 is 0 Å². The molecule has 1 saturated heterocycles. The quantitative estimate of drug-likeness (QED) is 0.844. The average Bonchev–Trinajstić information content (AvgIpc) is 2.87. The van der Waals surface area contributed by atoms with Gasteiger partial charge in [0.2, 0.25) is 0 Å². The van der Waals surface area contributed by atoms with Gasteiger partial charge in [0.05, 0.1) is 18.0 Å². The van der Waals surface area contributed by atoms with Gasteiger partial charge in [0.15, 0.2) is 0 Å². The van der Waals surface area contributed by atoms with Crippen LogP contribution in [-0.2, 0) is 6.54 Å². The summed E-state index contributed by atoms with van der Waals surface area (Å²) in [6, 6.07) is 4.11. The smallest absolute Gasteiger partial charge is 0.136 e. The summed E-state index contributed by atoms with van der Waals surface area (Å²) in [4.78, 5) is 6.67. The van der Waals surface area contributed by atoms with E-state index in [0.29, 0.717) is 0 Å². The molecule has 0 amide bonds. The lowest BCUT2D eigenvalue weighted by atomic mass is 10.3. The molecule has 0 unspecified atom stereocenters. The van der Waals surface area contributed by atoms with Crippen molar-refractivity contribution in [3.8, 4) is 0 Å². The van der Waals surface area contributed by atoms with E-state index < -0.39 is 0 Å². The summed E-state index contributed by atoms with van der Waals surface area (Å²) in [6.07, 6.45) is 4.77. The number of fused-ring (bicyclic) bond motifs is 1. The summed E-state index contributed by atoms with van der Waals surface area (Å²) < 4.78 is 2.14. The summed E-state index contributed by atoms with van der Waals surface area (Å²) in [5.41, 5.74) is 3.42. The molecule has 0 spiro atoms. The van der Waals surface area contributed by atoms with Crippen molar-refractivity contribution in [2.45, 2.75) is 26.0 Å². The molecule has 4 nitrogen and oxygen atoms in total. The third-order valence-corrected chi connectivity index (χ3v) is 3.36. The van der Waals surface area contributed by atoms with Gasteiger partial charge in [-0.2, -0.15) is 0 Å². The van der Waals surface area contributed by atoms with Gasteiger partial charge in [-0.25, -0.2) is 4.98 Å². The molecule has 0 radical (unpaired) electrons. The zero-order chi connectivity index (χ0) is 11.8. The van der Waals surface area contributed by atoms with Crippen LogP contribution in [0.25, 0.3) is 5.65 Å². The number of hydrogen-bond acceptors (Lipinski definition) is 3. The molecule has 4 heteroatoms. The third kappa shape index (κ3) is 2.06. The van der Waals surface area contributed by atoms with Crippen LogP contribution in [0.4, 0.5) is 0 Å². The van der Waals surface area contributed by atoms with Gasteiger partial charge in [-0.3, -0.25) is 4.90 Å². The van der Waals surface area contributed by atoms with E-state index in [9.17, 15) is 5.11 Å². The first-order valence-corrected chi connectivity index (χ1v) is 6.05. The van der Waals surface area contributed by atoms with Crippen LogP contribution < -0.4 is 0 Å². The first-order chi connectivity index (χ1) is 8.22. The van der Waals surface area contributed by atoms with Gasteiger partial charge in [-0.15, -0.1) is 0 Å². The van der Waals surface area contributed by atoms with Crippen molar-refractivity contribution in [3.63, 3.8) is 0 Å². The molecule has 1 atom stereocenters. The minimum absolute atomic E-state index is 0.157. The third-order valence-electron chi connectivity index (χ3n) is 3.36. The SMILES string of the molecule is Cc1ccc2ncc(CN3CC[C@H](O)C3)n2c1. The van der Waals surface area contributed by atoms with E-state index in [2.05, 4.69) is 33.5 Å². The number of hydrogen-bond donors (Lipinski definition) is 1. The van der Waals surface area contributed by atoms with Crippen molar-refractivity contribution in [1.29, 1.82) is 0 Å². The molecular formula is C13H17N3O. The number of aryl methyl sites for hydroxylation is 1. The predicted molar refractivity (Wildman–Crippen MR) is 65.8 cm³/mol. The number of aliphatic hydroxyl groups excluding tert-OH is 1. The van der Waals surface area contributed by atoms with Crippen LogP contribution in [0.3, 0.4) is 0 Å². The molecule has 1 aliphatic rings. The van der Waals surface area contributed by atoms with Crippen molar-refractivity contribution in [3.05, 3.63) is 35.8 Å². The van der Waals surface area contributed by atoms with Crippen LogP contribution in [0.15, 0.2) is 24.5 Å². The first-order valence-electron chi connectivity index (χ1n) is 6.05. The second-order valence-corrected chi connectivity index (χ2v) is 4.86. The topological polar surface area (TPSA) is 40.8 Å². The van der Waals surface area contributed by atoms with Crippen LogP contribution in [0.2, 0.25) is 0 Å². The van der Waals surface area contributed by atoms with Crippen LogP contribution in [0, 0.1) is 6.92 Å². The molecule has 3 rings (SSSR count). The Kier molecular flexibility index (Phi) is 2.61. The zero-order valence-electron chi connectivity index (χ0n) is 10.0. The van der Waals surface area contributed by atoms with Crippen LogP contribution in [0.5, 0.6) is 0 Å². The lowest BCUT2D eigenvalue weighted by Crippen LogP contribution is -2.22. The maximum absolute atomic E-state index is 9.52. The Morgan fingerprint density at radius 1 is 1.47 bits per heavy atom. The fourth-order valence-electron chi connectivity index (χ4n) is 2.44. The standard InChI is InChI=1S/C13H17N3O/c1-10-2-3-13-14-6-11(16(13)7-10)8-15-5-4-12(17)9-15/h2-3,6-7,12,17H,4-5,8-9H2,1H3/t12-/m0/s1. The Hall–Kier alpha value is -1.39. The number of rotatable bonds is 2. The molecule has 2 aromatic rings. The second-order valence-electron chi connectivity index (χ2n) is 4.86. The monoisotopic (exact) mass is 231 g/mol. The first kappa shape index (κ1) is 10.7. The highest BCUT2D eigenvalue weighted by Gasteiger charge is 2.20. The number of pyridine rings is 1. The highest BCUT2D eigenvalue weighted by Crippen LogP contribution is 2.15. The molecule has 0 bridgehead atoms. The van der Waals surface area contributed by atoms with E-state index in [-0.39, 0.29) is 6.10 Å². The largest absolute Gasteiger partial charge is 0.392 e. The Labute approximate surface area is 101 Å². The number of aliphatic hydroxyl groups is 1. The fraction of sp³-hybridized carbons (Fsp3) is 0.462. The molecule has 0 aliphatic carbocycles. The molecule has 17 heavy (non-hydrogen) atoms. The Morgan fingerprint density at radius 2 is 2.35 bits per heavy atom. The van der Waals surface area contributed by atoms with Crippen LogP contribution in [-0.4, -0.2) is 38.6 Å². The lowest BCUT2D eigenvalue weighted by Gasteiger charge is -2.14. The van der Waals surface area contributed by atoms with E-state index in [1.807, 2.05) is 12.3 Å². The molecule has 1 fully saturated rings. The van der Waals surface area contributed by atoms with E-state index in [1.165, 1.54) is 11.3 Å². The number of nitrogens with zero attached hydrogens (tertiary/aromatic N) is 3. The summed E-state index contributed by atoms with van der Waals surface area (Å²) in [5, 5.41) is 9.52. The zero-order valence-corrected chi connectivity index (χ0v) is 10.0. The molecule has 3 heterocycles. The minimum Gasteiger partial charge on any atom is -0.392 e. The second kappa shape index (κ2) is 4.13. The van der Waals surface area contributed by atoms with Gasteiger partial charge in [-0.1, -0.05) is 6.07 Å². The highest BCUT2D eigenvalue weighted by molar-refractivity contribution is 5.41. The molecule has 1 N–H and O–H groups in total. The summed E-state index contributed by atoms with van der Waals surface area (Å²) >= 11 is 0. The Bertz CT molecular complexity index is 534. The number of aromatic nitrogens is 2. The van der Waals surface area contributed by atoms with E-state index in [0.717, 1.165) is 31.7 Å². The summed E-state index contributed by atoms with van der Waals surface area (Å²) in [7, 11) is 0. The average molecular weight is 231 g/mol. The molecule has 2 aromatic heterocycles. The summed E-state index contributed by atoms with van der Waals surface area (Å²) in [5.74, 6) is 0. The normalized spacial score (nSPS) is 21.4. The molecule has 90 valence electrons. The van der Waals surface area contributed by atoms with E-state index in [1.54, 1.807) is 0 Å². The Morgan fingerprint density at radius 3 is 3.12 bits per heavy atom. The Balaban J connectivity index is 1.87. The number of likely N-dealkylation sites (tertiary alicyclic amines) is 1. The molecule has 0 aromatic carbocycles. The number of β-amino-alcohol motifs (C(OH)–C–C–N with tert-alkyl or cyclic N) is 1. The number of imidazole rings is 1. The van der Waals surface area contributed by atoms with E-state index in [4.69, 9.17) is 0 Å². The van der Waals surface area contributed by atoms with E-state index >= 15 is 0 Å².